The van der Waals surface area contributed by atoms with Crippen LogP contribution >= 0.6 is 0 Å². The average molecular weight is 266 g/mol. The number of allylic oxidation sites excluding steroid dienone is 5. The van der Waals surface area contributed by atoms with Crippen molar-refractivity contribution in [3.05, 3.63) is 58.7 Å². The Morgan fingerprint density at radius 1 is 1.15 bits per heavy atom. The molecule has 2 rings (SSSR count). The van der Waals surface area contributed by atoms with Gasteiger partial charge in [0.2, 0.25) is 0 Å². The summed E-state index contributed by atoms with van der Waals surface area (Å²) < 4.78 is 0. The third-order valence-electron chi connectivity index (χ3n) is 3.80. The highest BCUT2D eigenvalue weighted by molar-refractivity contribution is 5.89. The maximum absolute atomic E-state index is 11.2. The van der Waals surface area contributed by atoms with Crippen molar-refractivity contribution in [1.82, 2.24) is 0 Å². The van der Waals surface area contributed by atoms with Crippen molar-refractivity contribution >= 4 is 11.5 Å². The van der Waals surface area contributed by atoms with E-state index in [-0.39, 0.29) is 0 Å². The molecule has 104 valence electrons. The second kappa shape index (κ2) is 6.54. The Hall–Kier alpha value is -1.85. The molecule has 0 bridgehead atoms. The van der Waals surface area contributed by atoms with E-state index in [9.17, 15) is 4.79 Å². The summed E-state index contributed by atoms with van der Waals surface area (Å²) in [6.45, 7) is 6.53. The fourth-order valence-electron chi connectivity index (χ4n) is 2.58. The first-order chi connectivity index (χ1) is 9.65. The van der Waals surface area contributed by atoms with Crippen LogP contribution < -0.4 is 0 Å². The Labute approximate surface area is 121 Å². The van der Waals surface area contributed by atoms with Gasteiger partial charge in [-0.3, -0.25) is 0 Å². The second-order valence-corrected chi connectivity index (χ2v) is 5.69. The lowest BCUT2D eigenvalue weighted by Crippen LogP contribution is -1.99. The Bertz CT molecular complexity index is 579. The van der Waals surface area contributed by atoms with E-state index in [1.165, 1.54) is 11.1 Å². The molecule has 0 saturated carbocycles. The zero-order valence-electron chi connectivity index (χ0n) is 12.6. The summed E-state index contributed by atoms with van der Waals surface area (Å²) in [7, 11) is 0. The van der Waals surface area contributed by atoms with Crippen LogP contribution in [0.2, 0.25) is 0 Å². The summed E-state index contributed by atoms with van der Waals surface area (Å²) in [5.74, 6) is 2.66. The van der Waals surface area contributed by atoms with Crippen LogP contribution in [0.1, 0.15) is 57.1 Å². The van der Waals surface area contributed by atoms with Gasteiger partial charge in [0, 0.05) is 12.0 Å². The highest BCUT2D eigenvalue weighted by Gasteiger charge is 2.15. The molecule has 1 aromatic carbocycles. The normalized spacial score (nSPS) is 14.9. The first kappa shape index (κ1) is 14.6. The van der Waals surface area contributed by atoms with E-state index >= 15 is 0 Å². The smallest absolute Gasteiger partial charge is 0.128 e. The van der Waals surface area contributed by atoms with Crippen LogP contribution in [0.5, 0.6) is 0 Å². The van der Waals surface area contributed by atoms with Gasteiger partial charge in [0.25, 0.3) is 0 Å². The summed E-state index contributed by atoms with van der Waals surface area (Å²) in [5, 5.41) is 0. The molecule has 0 radical (unpaired) electrons. The highest BCUT2D eigenvalue weighted by atomic mass is 16.1. The molecule has 20 heavy (non-hydrogen) atoms. The first-order valence-electron chi connectivity index (χ1n) is 7.40. The minimum Gasteiger partial charge on any atom is -0.233 e. The molecule has 0 aromatic heterocycles. The molecular formula is C19H22O. The van der Waals surface area contributed by atoms with Crippen LogP contribution in [0.25, 0.3) is 5.57 Å². The van der Waals surface area contributed by atoms with Gasteiger partial charge in [-0.05, 0) is 29.0 Å². The quantitative estimate of drug-likeness (QED) is 0.694. The molecule has 0 heterocycles. The molecule has 1 aliphatic carbocycles. The van der Waals surface area contributed by atoms with Gasteiger partial charge in [-0.1, -0.05) is 69.2 Å². The molecule has 1 heteroatoms. The van der Waals surface area contributed by atoms with Gasteiger partial charge in [0.1, 0.15) is 5.94 Å². The SMILES string of the molecule is CCCC1=CC=C(c2ccc(C(C)C)cc2)C(=C=O)C1. The molecule has 0 aliphatic heterocycles. The zero-order valence-corrected chi connectivity index (χ0v) is 12.6. The van der Waals surface area contributed by atoms with Gasteiger partial charge >= 0.3 is 0 Å². The lowest BCUT2D eigenvalue weighted by molar-refractivity contribution is 0.567. The van der Waals surface area contributed by atoms with Crippen LogP contribution in [-0.4, -0.2) is 5.94 Å². The Balaban J connectivity index is 2.33. The maximum atomic E-state index is 11.2. The Morgan fingerprint density at radius 2 is 1.85 bits per heavy atom. The van der Waals surface area contributed by atoms with Crippen LogP contribution in [-0.2, 0) is 4.79 Å². The van der Waals surface area contributed by atoms with Gasteiger partial charge in [0.15, 0.2) is 0 Å². The first-order valence-corrected chi connectivity index (χ1v) is 7.40. The predicted octanol–water partition coefficient (Wildman–Crippen LogP) is 5.08. The van der Waals surface area contributed by atoms with Crippen molar-refractivity contribution in [3.63, 3.8) is 0 Å². The van der Waals surface area contributed by atoms with E-state index in [2.05, 4.69) is 63.1 Å². The fraction of sp³-hybridized carbons (Fsp3) is 0.368. The van der Waals surface area contributed by atoms with Gasteiger partial charge in [-0.25, -0.2) is 4.79 Å². The lowest BCUT2D eigenvalue weighted by atomic mass is 9.87. The second-order valence-electron chi connectivity index (χ2n) is 5.69. The molecule has 0 fully saturated rings. The molecule has 0 atom stereocenters. The van der Waals surface area contributed by atoms with Crippen molar-refractivity contribution in [2.75, 3.05) is 0 Å². The average Bonchev–Trinajstić information content (AvgIpc) is 2.47. The minimum absolute atomic E-state index is 0.529. The molecular weight excluding hydrogens is 244 g/mol. The largest absolute Gasteiger partial charge is 0.233 e. The minimum atomic E-state index is 0.529. The Morgan fingerprint density at radius 3 is 2.40 bits per heavy atom. The van der Waals surface area contributed by atoms with Crippen molar-refractivity contribution in [3.8, 4) is 0 Å². The van der Waals surface area contributed by atoms with Gasteiger partial charge in [0.05, 0.1) is 0 Å². The van der Waals surface area contributed by atoms with E-state index in [1.807, 2.05) is 0 Å². The predicted molar refractivity (Wildman–Crippen MR) is 85.3 cm³/mol. The number of benzene rings is 1. The van der Waals surface area contributed by atoms with Gasteiger partial charge in [-0.15, -0.1) is 0 Å². The van der Waals surface area contributed by atoms with Crippen LogP contribution in [0.3, 0.4) is 0 Å². The van der Waals surface area contributed by atoms with Gasteiger partial charge in [-0.2, -0.15) is 0 Å². The molecule has 0 spiro atoms. The summed E-state index contributed by atoms with van der Waals surface area (Å²) in [6, 6.07) is 8.51. The van der Waals surface area contributed by atoms with Crippen molar-refractivity contribution < 1.29 is 4.79 Å². The van der Waals surface area contributed by atoms with Crippen LogP contribution in [0, 0.1) is 0 Å². The third-order valence-corrected chi connectivity index (χ3v) is 3.80. The fourth-order valence-corrected chi connectivity index (χ4v) is 2.58. The topological polar surface area (TPSA) is 17.1 Å². The molecule has 0 amide bonds. The van der Waals surface area contributed by atoms with Gasteiger partial charge < -0.3 is 0 Å². The zero-order chi connectivity index (χ0) is 14.5. The molecule has 0 N–H and O–H groups in total. The maximum Gasteiger partial charge on any atom is 0.128 e. The number of hydrogen-bond acceptors (Lipinski definition) is 1. The lowest BCUT2D eigenvalue weighted by Gasteiger charge is -2.16. The summed E-state index contributed by atoms with van der Waals surface area (Å²) in [6.07, 6.45) is 7.15. The third kappa shape index (κ3) is 3.18. The van der Waals surface area contributed by atoms with E-state index in [4.69, 9.17) is 0 Å². The van der Waals surface area contributed by atoms with Crippen molar-refractivity contribution in [2.45, 2.75) is 46.0 Å². The standard InChI is InChI=1S/C19H22O/c1-4-5-15-6-11-19(18(12-15)13-20)17-9-7-16(8-10-17)14(2)3/h6-11,14H,4-5,12H2,1-3H3. The summed E-state index contributed by atoms with van der Waals surface area (Å²) >= 11 is 0. The van der Waals surface area contributed by atoms with E-state index in [1.54, 1.807) is 0 Å². The molecule has 1 aliphatic rings. The van der Waals surface area contributed by atoms with Crippen molar-refractivity contribution in [1.29, 1.82) is 0 Å². The van der Waals surface area contributed by atoms with E-state index in [0.29, 0.717) is 5.92 Å². The molecule has 0 saturated heterocycles. The molecule has 0 unspecified atom stereocenters. The molecule has 1 aromatic rings. The summed E-state index contributed by atoms with van der Waals surface area (Å²) in [4.78, 5) is 11.2. The summed E-state index contributed by atoms with van der Waals surface area (Å²) in [5.41, 5.74) is 5.57. The monoisotopic (exact) mass is 266 g/mol. The van der Waals surface area contributed by atoms with Crippen LogP contribution in [0.4, 0.5) is 0 Å². The molecule has 1 nitrogen and oxygen atoms in total. The highest BCUT2D eigenvalue weighted by Crippen LogP contribution is 2.32. The number of hydrogen-bond donors (Lipinski definition) is 0. The van der Waals surface area contributed by atoms with E-state index in [0.717, 1.165) is 36.0 Å². The van der Waals surface area contributed by atoms with Crippen LogP contribution in [0.15, 0.2) is 47.6 Å². The van der Waals surface area contributed by atoms with E-state index < -0.39 is 0 Å². The Kier molecular flexibility index (Phi) is 4.76. The number of rotatable bonds is 4. The van der Waals surface area contributed by atoms with Crippen molar-refractivity contribution in [2.24, 2.45) is 0 Å². The number of carbonyl (C=O) groups excluding carboxylic acids is 1.